The maximum atomic E-state index is 13.7. The number of nitrogens with zero attached hydrogens (tertiary/aromatic N) is 7. The molecule has 3 aromatic heterocycles. The van der Waals surface area contributed by atoms with Crippen molar-refractivity contribution in [2.75, 3.05) is 32.7 Å². The van der Waals surface area contributed by atoms with Gasteiger partial charge in [0.25, 0.3) is 0 Å². The predicted molar refractivity (Wildman–Crippen MR) is 141 cm³/mol. The third-order valence-electron chi connectivity index (χ3n) is 6.83. The van der Waals surface area contributed by atoms with Gasteiger partial charge in [-0.15, -0.1) is 10.2 Å². The highest BCUT2D eigenvalue weighted by atomic mass is 35.5. The number of aliphatic hydroxyl groups is 1. The van der Waals surface area contributed by atoms with E-state index in [1.165, 1.54) is 51.5 Å². The summed E-state index contributed by atoms with van der Waals surface area (Å²) in [5.74, 6) is 0.387. The minimum Gasteiger partial charge on any atom is -0.479 e. The Bertz CT molecular complexity index is 1350. The molecule has 2 unspecified atom stereocenters. The van der Waals surface area contributed by atoms with Crippen LogP contribution in [0.3, 0.4) is 0 Å². The molecule has 0 aromatic carbocycles. The summed E-state index contributed by atoms with van der Waals surface area (Å²) in [7, 11) is 0.0418. The monoisotopic (exact) mass is 582 g/mol. The zero-order valence-electron chi connectivity index (χ0n) is 22.0. The second kappa shape index (κ2) is 12.4. The lowest BCUT2D eigenvalue weighted by atomic mass is 9.79. The van der Waals surface area contributed by atoms with Crippen molar-refractivity contribution in [1.29, 1.82) is 0 Å². The Hall–Kier alpha value is -3.14. The molecule has 1 aliphatic carbocycles. The number of rotatable bonds is 11. The highest BCUT2D eigenvalue weighted by Gasteiger charge is 2.37. The molecule has 3 aromatic rings. The number of anilines is 1. The highest BCUT2D eigenvalue weighted by Crippen LogP contribution is 2.41. The number of aromatic nitrogens is 7. The maximum Gasteiger partial charge on any atom is 0.245 e. The van der Waals surface area contributed by atoms with Crippen LogP contribution in [0.4, 0.5) is 5.95 Å². The number of methoxy groups -OCH3 is 3. The van der Waals surface area contributed by atoms with Crippen LogP contribution in [0.5, 0.6) is 11.8 Å². The van der Waals surface area contributed by atoms with Crippen molar-refractivity contribution in [2.24, 2.45) is 5.92 Å². The zero-order valence-corrected chi connectivity index (χ0v) is 23.6. The SMILES string of the molecule is COc1ncnc(OC)c1-n1c(NS(=O)(=O)C(C)C(OC)c2ncc(Cl)cn2)nnc1[C@H]1CCCC[C@@H]1CO. The molecular weight excluding hydrogens is 552 g/mol. The summed E-state index contributed by atoms with van der Waals surface area (Å²) < 4.78 is 47.8. The molecule has 39 heavy (non-hydrogen) atoms. The third-order valence-corrected chi connectivity index (χ3v) is 8.72. The quantitative estimate of drug-likeness (QED) is 0.338. The Kier molecular flexibility index (Phi) is 9.15. The maximum absolute atomic E-state index is 13.7. The minimum absolute atomic E-state index is 0.0498. The first-order valence-electron chi connectivity index (χ1n) is 12.3. The van der Waals surface area contributed by atoms with Crippen LogP contribution in [0.25, 0.3) is 5.69 Å². The summed E-state index contributed by atoms with van der Waals surface area (Å²) in [4.78, 5) is 16.6. The van der Waals surface area contributed by atoms with E-state index in [4.69, 9.17) is 25.8 Å². The van der Waals surface area contributed by atoms with Crippen molar-refractivity contribution in [3.63, 3.8) is 0 Å². The standard InChI is InChI=1S/C23H31ClN8O6S/c1-13(18(36-2)19-25-9-15(24)10-26-19)39(34,35)31-23-30-29-20(16-8-6-5-7-14(16)11-33)32(23)17-21(37-3)27-12-28-22(17)38-4/h9-10,12-14,16,18,33H,5-8,11H2,1-4H3,(H,30,31)/t13?,14-,16+,18?/m1/s1. The van der Waals surface area contributed by atoms with Crippen molar-refractivity contribution in [1.82, 2.24) is 34.7 Å². The lowest BCUT2D eigenvalue weighted by Gasteiger charge is -2.30. The predicted octanol–water partition coefficient (Wildman–Crippen LogP) is 2.30. The van der Waals surface area contributed by atoms with Crippen LogP contribution in [0.1, 0.15) is 56.3 Å². The van der Waals surface area contributed by atoms with Gasteiger partial charge in [-0.25, -0.2) is 18.4 Å². The van der Waals surface area contributed by atoms with Crippen LogP contribution in [0.2, 0.25) is 5.02 Å². The number of nitrogens with one attached hydrogen (secondary N) is 1. The molecule has 1 saturated carbocycles. The number of ether oxygens (including phenoxy) is 3. The zero-order chi connectivity index (χ0) is 28.2. The van der Waals surface area contributed by atoms with Gasteiger partial charge in [-0.2, -0.15) is 9.97 Å². The van der Waals surface area contributed by atoms with Crippen LogP contribution in [-0.4, -0.2) is 81.4 Å². The Morgan fingerprint density at radius 1 is 1.08 bits per heavy atom. The van der Waals surface area contributed by atoms with Crippen molar-refractivity contribution in [3.05, 3.63) is 35.4 Å². The summed E-state index contributed by atoms with van der Waals surface area (Å²) in [5, 5.41) is 17.8. The Morgan fingerprint density at radius 3 is 2.31 bits per heavy atom. The molecule has 3 heterocycles. The van der Waals surface area contributed by atoms with E-state index in [-0.39, 0.29) is 47.7 Å². The van der Waals surface area contributed by atoms with Crippen molar-refractivity contribution in [2.45, 2.75) is 49.9 Å². The smallest absolute Gasteiger partial charge is 0.245 e. The number of hydrogen-bond donors (Lipinski definition) is 2. The van der Waals surface area contributed by atoms with E-state index in [0.717, 1.165) is 25.7 Å². The fourth-order valence-electron chi connectivity index (χ4n) is 4.79. The van der Waals surface area contributed by atoms with Gasteiger partial charge < -0.3 is 19.3 Å². The van der Waals surface area contributed by atoms with Gasteiger partial charge in [-0.05, 0) is 25.7 Å². The molecule has 0 amide bonds. The second-order valence-electron chi connectivity index (χ2n) is 9.06. The molecule has 14 nitrogen and oxygen atoms in total. The van der Waals surface area contributed by atoms with Gasteiger partial charge in [0.1, 0.15) is 23.5 Å². The number of halogens is 1. The van der Waals surface area contributed by atoms with E-state index >= 15 is 0 Å². The van der Waals surface area contributed by atoms with Gasteiger partial charge in [-0.1, -0.05) is 24.4 Å². The van der Waals surface area contributed by atoms with Gasteiger partial charge in [0.05, 0.1) is 19.2 Å². The number of hydrogen-bond acceptors (Lipinski definition) is 12. The molecule has 0 saturated heterocycles. The van der Waals surface area contributed by atoms with Crippen LogP contribution in [0, 0.1) is 5.92 Å². The molecule has 1 fully saturated rings. The van der Waals surface area contributed by atoms with E-state index in [2.05, 4.69) is 34.9 Å². The van der Waals surface area contributed by atoms with E-state index in [1.54, 1.807) is 0 Å². The molecule has 1 aliphatic rings. The van der Waals surface area contributed by atoms with E-state index in [1.807, 2.05) is 0 Å². The Morgan fingerprint density at radius 2 is 1.72 bits per heavy atom. The second-order valence-corrected chi connectivity index (χ2v) is 11.5. The van der Waals surface area contributed by atoms with Crippen LogP contribution < -0.4 is 14.2 Å². The fraction of sp³-hybridized carbons (Fsp3) is 0.565. The van der Waals surface area contributed by atoms with Gasteiger partial charge in [-0.3, -0.25) is 9.29 Å². The molecule has 16 heteroatoms. The fourth-order valence-corrected chi connectivity index (χ4v) is 6.01. The first kappa shape index (κ1) is 28.9. The third kappa shape index (κ3) is 5.90. The topological polar surface area (TPSA) is 176 Å². The molecule has 212 valence electrons. The average molecular weight is 583 g/mol. The van der Waals surface area contributed by atoms with Crippen LogP contribution in [0.15, 0.2) is 18.7 Å². The van der Waals surface area contributed by atoms with Gasteiger partial charge in [0.2, 0.25) is 27.7 Å². The normalized spacial score (nSPS) is 19.3. The van der Waals surface area contributed by atoms with Crippen LogP contribution in [-0.2, 0) is 14.8 Å². The average Bonchev–Trinajstić information content (AvgIpc) is 3.35. The molecule has 4 rings (SSSR count). The summed E-state index contributed by atoms with van der Waals surface area (Å²) in [6.07, 6.45) is 6.39. The van der Waals surface area contributed by atoms with Crippen molar-refractivity contribution in [3.8, 4) is 17.4 Å². The lowest BCUT2D eigenvalue weighted by molar-refractivity contribution is 0.0950. The largest absolute Gasteiger partial charge is 0.479 e. The molecule has 0 radical (unpaired) electrons. The number of aliphatic hydroxyl groups excluding tert-OH is 1. The highest BCUT2D eigenvalue weighted by molar-refractivity contribution is 7.93. The minimum atomic E-state index is -4.17. The first-order chi connectivity index (χ1) is 18.7. The summed E-state index contributed by atoms with van der Waals surface area (Å²) in [6, 6.07) is 0. The van der Waals surface area contributed by atoms with Gasteiger partial charge >= 0.3 is 0 Å². The molecular formula is C23H31ClN8O6S. The van der Waals surface area contributed by atoms with E-state index < -0.39 is 21.4 Å². The lowest BCUT2D eigenvalue weighted by Crippen LogP contribution is -2.33. The van der Waals surface area contributed by atoms with Crippen molar-refractivity contribution < 1.29 is 27.7 Å². The molecule has 4 atom stereocenters. The summed E-state index contributed by atoms with van der Waals surface area (Å²) >= 11 is 5.89. The van der Waals surface area contributed by atoms with Gasteiger partial charge in [0, 0.05) is 32.0 Å². The summed E-state index contributed by atoms with van der Waals surface area (Å²) in [5.41, 5.74) is 0.222. The van der Waals surface area contributed by atoms with Crippen LogP contribution >= 0.6 is 11.6 Å². The molecule has 0 spiro atoms. The summed E-state index contributed by atoms with van der Waals surface area (Å²) in [6.45, 7) is 1.41. The number of sulfonamides is 1. The Labute approximate surface area is 231 Å². The van der Waals surface area contributed by atoms with E-state index in [0.29, 0.717) is 10.8 Å². The first-order valence-corrected chi connectivity index (χ1v) is 14.2. The van der Waals surface area contributed by atoms with E-state index in [9.17, 15) is 13.5 Å². The molecule has 2 N–H and O–H groups in total. The molecule has 0 aliphatic heterocycles. The van der Waals surface area contributed by atoms with Gasteiger partial charge in [0.15, 0.2) is 11.5 Å². The Balaban J connectivity index is 1.81. The molecule has 0 bridgehead atoms. The van der Waals surface area contributed by atoms with Crippen molar-refractivity contribution >= 4 is 27.6 Å².